The third-order valence-electron chi connectivity index (χ3n) is 2.59. The van der Waals surface area contributed by atoms with Crippen molar-refractivity contribution in [1.82, 2.24) is 4.98 Å². The van der Waals surface area contributed by atoms with Crippen molar-refractivity contribution >= 4 is 11.6 Å². The summed E-state index contributed by atoms with van der Waals surface area (Å²) in [6.45, 7) is 3.90. The Morgan fingerprint density at radius 1 is 1.20 bits per heavy atom. The molecule has 1 aromatic carbocycles. The second kappa shape index (κ2) is 6.70. The van der Waals surface area contributed by atoms with Crippen LogP contribution in [0.3, 0.4) is 0 Å². The predicted molar refractivity (Wildman–Crippen MR) is 78.8 cm³/mol. The Morgan fingerprint density at radius 2 is 1.95 bits per heavy atom. The molecule has 0 spiro atoms. The highest BCUT2D eigenvalue weighted by molar-refractivity contribution is 5.93. The molecule has 0 saturated carbocycles. The first-order valence-electron chi connectivity index (χ1n) is 6.60. The molecule has 2 aromatic rings. The number of carbonyl (C=O) groups excluding carboxylic acids is 1. The van der Waals surface area contributed by atoms with Gasteiger partial charge in [0.25, 0.3) is 0 Å². The Bertz CT molecular complexity index is 568. The fourth-order valence-corrected chi connectivity index (χ4v) is 1.79. The largest absolute Gasteiger partial charge is 0.489 e. The summed E-state index contributed by atoms with van der Waals surface area (Å²) in [4.78, 5) is 16.2. The van der Waals surface area contributed by atoms with Gasteiger partial charge in [0.2, 0.25) is 5.91 Å². The van der Waals surface area contributed by atoms with Crippen LogP contribution < -0.4 is 10.1 Å². The van der Waals surface area contributed by atoms with E-state index in [1.807, 2.05) is 56.3 Å². The Balaban J connectivity index is 2.04. The van der Waals surface area contributed by atoms with E-state index in [0.717, 1.165) is 5.69 Å². The van der Waals surface area contributed by atoms with Gasteiger partial charge in [0.15, 0.2) is 0 Å². The molecule has 0 unspecified atom stereocenters. The van der Waals surface area contributed by atoms with Gasteiger partial charge in [-0.1, -0.05) is 18.2 Å². The summed E-state index contributed by atoms with van der Waals surface area (Å²) < 4.78 is 5.67. The van der Waals surface area contributed by atoms with Crippen LogP contribution in [0, 0.1) is 0 Å². The Morgan fingerprint density at radius 3 is 2.65 bits per heavy atom. The van der Waals surface area contributed by atoms with Gasteiger partial charge in [-0.05, 0) is 38.1 Å². The molecule has 4 heteroatoms. The van der Waals surface area contributed by atoms with Gasteiger partial charge < -0.3 is 10.1 Å². The van der Waals surface area contributed by atoms with E-state index in [1.54, 1.807) is 6.20 Å². The molecule has 2 rings (SSSR count). The van der Waals surface area contributed by atoms with Crippen molar-refractivity contribution in [2.45, 2.75) is 26.4 Å². The van der Waals surface area contributed by atoms with Crippen LogP contribution in [0.25, 0.3) is 0 Å². The summed E-state index contributed by atoms with van der Waals surface area (Å²) >= 11 is 0. The molecule has 0 saturated heterocycles. The van der Waals surface area contributed by atoms with E-state index in [0.29, 0.717) is 11.4 Å². The zero-order valence-corrected chi connectivity index (χ0v) is 11.7. The second-order valence-electron chi connectivity index (χ2n) is 4.71. The van der Waals surface area contributed by atoms with E-state index in [9.17, 15) is 4.79 Å². The van der Waals surface area contributed by atoms with Gasteiger partial charge in [-0.3, -0.25) is 9.78 Å². The van der Waals surface area contributed by atoms with Gasteiger partial charge in [0.05, 0.1) is 18.2 Å². The van der Waals surface area contributed by atoms with Crippen LogP contribution in [-0.2, 0) is 11.2 Å². The smallest absolute Gasteiger partial charge is 0.230 e. The lowest BCUT2D eigenvalue weighted by Crippen LogP contribution is -2.16. The standard InChI is InChI=1S/C16H18N2O2/c1-12(2)20-15-9-4-3-8-14(15)18-16(19)11-13-7-5-6-10-17-13/h3-10,12H,11H2,1-2H3,(H,18,19). The molecule has 1 N–H and O–H groups in total. The van der Waals surface area contributed by atoms with Crippen LogP contribution >= 0.6 is 0 Å². The first-order valence-corrected chi connectivity index (χ1v) is 6.60. The van der Waals surface area contributed by atoms with Crippen LogP contribution in [-0.4, -0.2) is 17.0 Å². The minimum absolute atomic E-state index is 0.0591. The third kappa shape index (κ3) is 4.09. The van der Waals surface area contributed by atoms with Crippen LogP contribution in [0.5, 0.6) is 5.75 Å². The molecule has 1 heterocycles. The van der Waals surface area contributed by atoms with Crippen molar-refractivity contribution in [1.29, 1.82) is 0 Å². The van der Waals surface area contributed by atoms with Crippen LogP contribution in [0.15, 0.2) is 48.7 Å². The molecule has 0 bridgehead atoms. The maximum atomic E-state index is 12.0. The molecule has 0 atom stereocenters. The maximum absolute atomic E-state index is 12.0. The fourth-order valence-electron chi connectivity index (χ4n) is 1.79. The summed E-state index contributed by atoms with van der Waals surface area (Å²) in [5, 5.41) is 2.86. The monoisotopic (exact) mass is 270 g/mol. The summed E-state index contributed by atoms with van der Waals surface area (Å²) in [6.07, 6.45) is 1.98. The van der Waals surface area contributed by atoms with E-state index >= 15 is 0 Å². The Kier molecular flexibility index (Phi) is 4.71. The highest BCUT2D eigenvalue weighted by atomic mass is 16.5. The topological polar surface area (TPSA) is 51.2 Å². The minimum atomic E-state index is -0.108. The molecular weight excluding hydrogens is 252 g/mol. The lowest BCUT2D eigenvalue weighted by atomic mass is 10.2. The summed E-state index contributed by atoms with van der Waals surface area (Å²) in [5.74, 6) is 0.570. The zero-order valence-electron chi connectivity index (χ0n) is 11.7. The molecule has 104 valence electrons. The number of para-hydroxylation sites is 2. The first kappa shape index (κ1) is 14.1. The molecule has 0 fully saturated rings. The number of nitrogens with one attached hydrogen (secondary N) is 1. The number of pyridine rings is 1. The summed E-state index contributed by atoms with van der Waals surface area (Å²) in [6, 6.07) is 12.9. The number of carbonyl (C=O) groups is 1. The number of ether oxygens (including phenoxy) is 1. The molecular formula is C16H18N2O2. The Hall–Kier alpha value is -2.36. The lowest BCUT2D eigenvalue weighted by molar-refractivity contribution is -0.115. The van der Waals surface area contributed by atoms with E-state index in [2.05, 4.69) is 10.3 Å². The van der Waals surface area contributed by atoms with Gasteiger partial charge in [-0.2, -0.15) is 0 Å². The Labute approximate surface area is 118 Å². The predicted octanol–water partition coefficient (Wildman–Crippen LogP) is 3.05. The SMILES string of the molecule is CC(C)Oc1ccccc1NC(=O)Cc1ccccn1. The molecule has 0 aliphatic carbocycles. The molecule has 20 heavy (non-hydrogen) atoms. The highest BCUT2D eigenvalue weighted by Crippen LogP contribution is 2.24. The van der Waals surface area contributed by atoms with Crippen molar-refractivity contribution in [3.05, 3.63) is 54.4 Å². The summed E-state index contributed by atoms with van der Waals surface area (Å²) in [5.41, 5.74) is 1.43. The zero-order chi connectivity index (χ0) is 14.4. The first-order chi connectivity index (χ1) is 9.65. The lowest BCUT2D eigenvalue weighted by Gasteiger charge is -2.14. The number of aromatic nitrogens is 1. The molecule has 0 aliphatic rings. The van der Waals surface area contributed by atoms with Crippen molar-refractivity contribution in [2.24, 2.45) is 0 Å². The second-order valence-corrected chi connectivity index (χ2v) is 4.71. The van der Waals surface area contributed by atoms with Gasteiger partial charge in [0, 0.05) is 11.9 Å². The van der Waals surface area contributed by atoms with E-state index in [-0.39, 0.29) is 18.4 Å². The number of anilines is 1. The number of rotatable bonds is 5. The van der Waals surface area contributed by atoms with Gasteiger partial charge in [-0.25, -0.2) is 0 Å². The molecule has 0 aliphatic heterocycles. The maximum Gasteiger partial charge on any atom is 0.230 e. The van der Waals surface area contributed by atoms with Crippen molar-refractivity contribution in [2.75, 3.05) is 5.32 Å². The normalized spacial score (nSPS) is 10.3. The molecule has 1 aromatic heterocycles. The number of benzene rings is 1. The van der Waals surface area contributed by atoms with E-state index < -0.39 is 0 Å². The van der Waals surface area contributed by atoms with Crippen molar-refractivity contribution < 1.29 is 9.53 Å². The average Bonchev–Trinajstić information content (AvgIpc) is 2.41. The van der Waals surface area contributed by atoms with Gasteiger partial charge >= 0.3 is 0 Å². The van der Waals surface area contributed by atoms with Gasteiger partial charge in [-0.15, -0.1) is 0 Å². The van der Waals surface area contributed by atoms with Crippen LogP contribution in [0.4, 0.5) is 5.69 Å². The highest BCUT2D eigenvalue weighted by Gasteiger charge is 2.09. The van der Waals surface area contributed by atoms with Gasteiger partial charge in [0.1, 0.15) is 5.75 Å². The quantitative estimate of drug-likeness (QED) is 0.908. The summed E-state index contributed by atoms with van der Waals surface area (Å²) in [7, 11) is 0. The van der Waals surface area contributed by atoms with Crippen molar-refractivity contribution in [3.8, 4) is 5.75 Å². The van der Waals surface area contributed by atoms with Crippen LogP contribution in [0.2, 0.25) is 0 Å². The van der Waals surface area contributed by atoms with Crippen LogP contribution in [0.1, 0.15) is 19.5 Å². The number of amides is 1. The minimum Gasteiger partial charge on any atom is -0.489 e. The third-order valence-corrected chi connectivity index (χ3v) is 2.59. The fraction of sp³-hybridized carbons (Fsp3) is 0.250. The van der Waals surface area contributed by atoms with E-state index in [1.165, 1.54) is 0 Å². The number of nitrogens with zero attached hydrogens (tertiary/aromatic N) is 1. The molecule has 1 amide bonds. The molecule has 4 nitrogen and oxygen atoms in total. The molecule has 0 radical (unpaired) electrons. The average molecular weight is 270 g/mol. The van der Waals surface area contributed by atoms with Crippen molar-refractivity contribution in [3.63, 3.8) is 0 Å². The number of hydrogen-bond acceptors (Lipinski definition) is 3. The van der Waals surface area contributed by atoms with E-state index in [4.69, 9.17) is 4.74 Å². The number of hydrogen-bond donors (Lipinski definition) is 1.